The smallest absolute Gasteiger partial charge is 0.387 e. The van der Waals surface area contributed by atoms with Crippen LogP contribution in [0, 0.1) is 11.6 Å². The average molecular weight is 549 g/mol. The minimum absolute atomic E-state index is 0.123. The summed E-state index contributed by atoms with van der Waals surface area (Å²) in [4.78, 5) is 27.6. The summed E-state index contributed by atoms with van der Waals surface area (Å²) in [5, 5.41) is 13.8. The van der Waals surface area contributed by atoms with Crippen LogP contribution >= 0.6 is 11.6 Å². The normalized spacial score (nSPS) is 16.5. The Bertz CT molecular complexity index is 1150. The Morgan fingerprint density at radius 2 is 1.86 bits per heavy atom. The predicted octanol–water partition coefficient (Wildman–Crippen LogP) is 3.94. The molecule has 1 aliphatic rings. The third-order valence-electron chi connectivity index (χ3n) is 6.02. The van der Waals surface area contributed by atoms with Gasteiger partial charge in [-0.3, -0.25) is 14.5 Å². The number of hydrogen-bond acceptors (Lipinski definition) is 5. The topological polar surface area (TPSA) is 84.9 Å². The van der Waals surface area contributed by atoms with E-state index in [1.807, 2.05) is 4.90 Å². The lowest BCUT2D eigenvalue weighted by molar-refractivity contribution is -0.139. The van der Waals surface area contributed by atoms with E-state index in [0.29, 0.717) is 30.3 Å². The minimum atomic E-state index is -4.25. The number of aliphatic hydroxyl groups excluding tert-OH is 1. The van der Waals surface area contributed by atoms with Crippen LogP contribution in [0.2, 0.25) is 5.02 Å². The SMILES string of the molecule is CC1CN(c2cc(Cl)ccc2NC(=O)c2ccc(CNC(=O)CO)c(F)c2F)CCN1CCC(F)(F)F. The van der Waals surface area contributed by atoms with Gasteiger partial charge in [0.1, 0.15) is 6.61 Å². The second-order valence-corrected chi connectivity index (χ2v) is 9.08. The number of nitrogens with one attached hydrogen (secondary N) is 2. The first-order valence-corrected chi connectivity index (χ1v) is 11.8. The Kier molecular flexibility index (Phi) is 9.32. The molecule has 7 nitrogen and oxygen atoms in total. The van der Waals surface area contributed by atoms with Gasteiger partial charge in [0.15, 0.2) is 11.6 Å². The number of halogens is 6. The molecule has 0 saturated carbocycles. The molecule has 2 amide bonds. The van der Waals surface area contributed by atoms with Crippen molar-refractivity contribution in [2.75, 3.05) is 43.0 Å². The van der Waals surface area contributed by atoms with Gasteiger partial charge >= 0.3 is 6.18 Å². The van der Waals surface area contributed by atoms with Gasteiger partial charge in [-0.15, -0.1) is 0 Å². The van der Waals surface area contributed by atoms with E-state index in [4.69, 9.17) is 16.7 Å². The first kappa shape index (κ1) is 28.6. The lowest BCUT2D eigenvalue weighted by atomic mass is 10.1. The summed E-state index contributed by atoms with van der Waals surface area (Å²) in [6.45, 7) is 1.57. The van der Waals surface area contributed by atoms with Crippen LogP contribution in [-0.2, 0) is 11.3 Å². The summed E-state index contributed by atoms with van der Waals surface area (Å²) in [5.41, 5.74) is -0.0155. The van der Waals surface area contributed by atoms with E-state index in [1.54, 1.807) is 17.9 Å². The van der Waals surface area contributed by atoms with Crippen molar-refractivity contribution in [2.45, 2.75) is 32.1 Å². The van der Waals surface area contributed by atoms with E-state index in [1.165, 1.54) is 12.1 Å². The average Bonchev–Trinajstić information content (AvgIpc) is 2.84. The highest BCUT2D eigenvalue weighted by Crippen LogP contribution is 2.32. The molecule has 3 rings (SSSR count). The summed E-state index contributed by atoms with van der Waals surface area (Å²) in [7, 11) is 0. The van der Waals surface area contributed by atoms with Crippen molar-refractivity contribution >= 4 is 34.8 Å². The van der Waals surface area contributed by atoms with Gasteiger partial charge in [0, 0.05) is 49.4 Å². The van der Waals surface area contributed by atoms with Crippen molar-refractivity contribution in [3.05, 3.63) is 58.1 Å². The Morgan fingerprint density at radius 3 is 2.51 bits per heavy atom. The zero-order chi connectivity index (χ0) is 27.3. The number of benzene rings is 2. The predicted molar refractivity (Wildman–Crippen MR) is 129 cm³/mol. The van der Waals surface area contributed by atoms with Gasteiger partial charge in [-0.05, 0) is 31.2 Å². The summed E-state index contributed by atoms with van der Waals surface area (Å²) in [5.74, 6) is -4.42. The maximum Gasteiger partial charge on any atom is 0.390 e. The second-order valence-electron chi connectivity index (χ2n) is 8.65. The Hall–Kier alpha value is -2.96. The molecule has 0 radical (unpaired) electrons. The largest absolute Gasteiger partial charge is 0.390 e. The quantitative estimate of drug-likeness (QED) is 0.435. The van der Waals surface area contributed by atoms with Gasteiger partial charge in [-0.25, -0.2) is 8.78 Å². The number of aliphatic hydroxyl groups is 1. The molecule has 0 spiro atoms. The molecular formula is C24H26ClF5N4O3. The molecule has 0 bridgehead atoms. The lowest BCUT2D eigenvalue weighted by Crippen LogP contribution is -2.52. The number of carbonyl (C=O) groups is 2. The first-order chi connectivity index (χ1) is 17.4. The number of hydrogen-bond donors (Lipinski definition) is 3. The number of amides is 2. The van der Waals surface area contributed by atoms with Crippen LogP contribution in [0.15, 0.2) is 30.3 Å². The van der Waals surface area contributed by atoms with E-state index >= 15 is 0 Å². The molecule has 1 saturated heterocycles. The van der Waals surface area contributed by atoms with Crippen LogP contribution in [0.3, 0.4) is 0 Å². The van der Waals surface area contributed by atoms with Crippen molar-refractivity contribution < 1.29 is 36.6 Å². The first-order valence-electron chi connectivity index (χ1n) is 11.4. The summed E-state index contributed by atoms with van der Waals surface area (Å²) in [6, 6.07) is 6.60. The van der Waals surface area contributed by atoms with Gasteiger partial charge in [-0.1, -0.05) is 17.7 Å². The highest BCUT2D eigenvalue weighted by atomic mass is 35.5. The Morgan fingerprint density at radius 1 is 1.14 bits per heavy atom. The van der Waals surface area contributed by atoms with E-state index in [2.05, 4.69) is 10.6 Å². The lowest BCUT2D eigenvalue weighted by Gasteiger charge is -2.41. The molecule has 202 valence electrons. The molecular weight excluding hydrogens is 523 g/mol. The molecule has 2 aromatic carbocycles. The highest BCUT2D eigenvalue weighted by Gasteiger charge is 2.31. The fourth-order valence-electron chi connectivity index (χ4n) is 4.03. The maximum atomic E-state index is 14.7. The summed E-state index contributed by atoms with van der Waals surface area (Å²) in [6.07, 6.45) is -5.16. The van der Waals surface area contributed by atoms with Gasteiger partial charge in [0.25, 0.3) is 5.91 Å². The van der Waals surface area contributed by atoms with Crippen molar-refractivity contribution in [1.29, 1.82) is 0 Å². The molecule has 0 aliphatic carbocycles. The number of alkyl halides is 3. The maximum absolute atomic E-state index is 14.7. The molecule has 1 heterocycles. The summed E-state index contributed by atoms with van der Waals surface area (Å²) >= 11 is 6.15. The molecule has 2 aromatic rings. The van der Waals surface area contributed by atoms with E-state index in [0.717, 1.165) is 12.1 Å². The molecule has 1 atom stereocenters. The van der Waals surface area contributed by atoms with E-state index in [-0.39, 0.29) is 30.4 Å². The van der Waals surface area contributed by atoms with Crippen molar-refractivity contribution in [3.8, 4) is 0 Å². The minimum Gasteiger partial charge on any atom is -0.387 e. The fourth-order valence-corrected chi connectivity index (χ4v) is 4.20. The second kappa shape index (κ2) is 12.1. The van der Waals surface area contributed by atoms with Crippen molar-refractivity contribution in [2.24, 2.45) is 0 Å². The van der Waals surface area contributed by atoms with Crippen LogP contribution in [0.1, 0.15) is 29.3 Å². The standard InChI is InChI=1S/C24H26ClF5N4O3/c1-14-12-34(9-8-33(14)7-6-24(28,29)30)19-10-16(25)3-5-18(19)32-23(37)17-4-2-15(21(26)22(17)27)11-31-20(36)13-35/h2-5,10,14,35H,6-9,11-13H2,1H3,(H,31,36)(H,32,37). The molecule has 1 aliphatic heterocycles. The third-order valence-corrected chi connectivity index (χ3v) is 6.26. The number of rotatable bonds is 8. The fraction of sp³-hybridized carbons (Fsp3) is 0.417. The van der Waals surface area contributed by atoms with Gasteiger partial charge in [0.05, 0.1) is 23.4 Å². The monoisotopic (exact) mass is 548 g/mol. The Balaban J connectivity index is 1.75. The van der Waals surface area contributed by atoms with Crippen LogP contribution in [-0.4, -0.2) is 66.8 Å². The number of carbonyl (C=O) groups excluding carboxylic acids is 2. The molecule has 1 fully saturated rings. The summed E-state index contributed by atoms with van der Waals surface area (Å²) < 4.78 is 67.1. The number of anilines is 2. The molecule has 1 unspecified atom stereocenters. The Labute approximate surface area is 215 Å². The van der Waals surface area contributed by atoms with Crippen molar-refractivity contribution in [1.82, 2.24) is 10.2 Å². The van der Waals surface area contributed by atoms with Gasteiger partial charge in [-0.2, -0.15) is 13.2 Å². The zero-order valence-electron chi connectivity index (χ0n) is 19.8. The molecule has 37 heavy (non-hydrogen) atoms. The van der Waals surface area contributed by atoms with Gasteiger partial charge in [0.2, 0.25) is 5.91 Å². The molecule has 3 N–H and O–H groups in total. The van der Waals surface area contributed by atoms with Crippen molar-refractivity contribution in [3.63, 3.8) is 0 Å². The van der Waals surface area contributed by atoms with Crippen LogP contribution in [0.25, 0.3) is 0 Å². The van der Waals surface area contributed by atoms with Crippen LogP contribution < -0.4 is 15.5 Å². The van der Waals surface area contributed by atoms with Crippen LogP contribution in [0.4, 0.5) is 33.3 Å². The zero-order valence-corrected chi connectivity index (χ0v) is 20.6. The van der Waals surface area contributed by atoms with Gasteiger partial charge < -0.3 is 20.6 Å². The van der Waals surface area contributed by atoms with E-state index < -0.39 is 48.2 Å². The highest BCUT2D eigenvalue weighted by molar-refractivity contribution is 6.31. The number of nitrogens with zero attached hydrogens (tertiary/aromatic N) is 2. The van der Waals surface area contributed by atoms with E-state index in [9.17, 15) is 31.5 Å². The molecule has 0 aromatic heterocycles. The molecule has 13 heteroatoms. The number of piperazine rings is 1. The van der Waals surface area contributed by atoms with Crippen LogP contribution in [0.5, 0.6) is 0 Å². The third kappa shape index (κ3) is 7.53.